The molecule has 2 amide bonds. The third kappa shape index (κ3) is 4.48. The first-order valence-electron chi connectivity index (χ1n) is 8.87. The van der Waals surface area contributed by atoms with Crippen LogP contribution in [0.15, 0.2) is 42.5 Å². The number of urea groups is 1. The molecule has 0 bridgehead atoms. The fourth-order valence-electron chi connectivity index (χ4n) is 3.18. The molecule has 2 aromatic carbocycles. The standard InChI is InChI=1S/C20H23F2N3O2/c1-14(18-7-6-15(21)12-19(18)22)23-20(26)25-10-8-24(9-11-25)16-4-3-5-17(13-16)27-2/h3-7,12-14H,8-11H2,1-2H3,(H,23,26). The van der Waals surface area contributed by atoms with Gasteiger partial charge in [0.05, 0.1) is 13.2 Å². The van der Waals surface area contributed by atoms with Crippen molar-refractivity contribution in [2.75, 3.05) is 38.2 Å². The largest absolute Gasteiger partial charge is 0.497 e. The van der Waals surface area contributed by atoms with Crippen molar-refractivity contribution in [1.82, 2.24) is 10.2 Å². The summed E-state index contributed by atoms with van der Waals surface area (Å²) in [5, 5.41) is 2.79. The second-order valence-electron chi connectivity index (χ2n) is 6.51. The zero-order valence-electron chi connectivity index (χ0n) is 15.4. The average Bonchev–Trinajstić information content (AvgIpc) is 2.68. The molecule has 0 spiro atoms. The summed E-state index contributed by atoms with van der Waals surface area (Å²) < 4.78 is 32.2. The number of carbonyl (C=O) groups is 1. The van der Waals surface area contributed by atoms with Crippen molar-refractivity contribution >= 4 is 11.7 Å². The lowest BCUT2D eigenvalue weighted by molar-refractivity contribution is 0.191. The number of nitrogens with one attached hydrogen (secondary N) is 1. The van der Waals surface area contributed by atoms with Gasteiger partial charge in [0.15, 0.2) is 0 Å². The van der Waals surface area contributed by atoms with Crippen LogP contribution in [0.5, 0.6) is 5.75 Å². The molecule has 1 heterocycles. The van der Waals surface area contributed by atoms with Gasteiger partial charge in [0.2, 0.25) is 0 Å². The van der Waals surface area contributed by atoms with E-state index in [0.29, 0.717) is 26.2 Å². The number of benzene rings is 2. The maximum atomic E-state index is 13.9. The number of nitrogens with zero attached hydrogens (tertiary/aromatic N) is 2. The monoisotopic (exact) mass is 375 g/mol. The SMILES string of the molecule is COc1cccc(N2CCN(C(=O)NC(C)c3ccc(F)cc3F)CC2)c1. The van der Waals surface area contributed by atoms with Gasteiger partial charge in [0, 0.05) is 49.6 Å². The van der Waals surface area contributed by atoms with Crippen LogP contribution in [-0.2, 0) is 0 Å². The number of halogens is 2. The molecular weight excluding hydrogens is 352 g/mol. The van der Waals surface area contributed by atoms with Crippen molar-refractivity contribution in [3.8, 4) is 5.75 Å². The van der Waals surface area contributed by atoms with Gasteiger partial charge >= 0.3 is 6.03 Å². The Labute approximate surface area is 157 Å². The van der Waals surface area contributed by atoms with Crippen LogP contribution in [0.3, 0.4) is 0 Å². The number of hydrogen-bond donors (Lipinski definition) is 1. The molecule has 1 fully saturated rings. The van der Waals surface area contributed by atoms with Crippen LogP contribution >= 0.6 is 0 Å². The Kier molecular flexibility index (Phi) is 5.78. The van der Waals surface area contributed by atoms with Crippen molar-refractivity contribution in [1.29, 1.82) is 0 Å². The zero-order chi connectivity index (χ0) is 19.4. The lowest BCUT2D eigenvalue weighted by Crippen LogP contribution is -2.52. The molecule has 1 saturated heterocycles. The highest BCUT2D eigenvalue weighted by molar-refractivity contribution is 5.75. The number of hydrogen-bond acceptors (Lipinski definition) is 3. The molecule has 5 nitrogen and oxygen atoms in total. The van der Waals surface area contributed by atoms with Crippen LogP contribution in [-0.4, -0.2) is 44.2 Å². The molecule has 1 N–H and O–H groups in total. The Morgan fingerprint density at radius 1 is 1.11 bits per heavy atom. The molecule has 144 valence electrons. The summed E-state index contributed by atoms with van der Waals surface area (Å²) in [7, 11) is 1.63. The zero-order valence-corrected chi connectivity index (χ0v) is 15.4. The number of rotatable bonds is 4. The van der Waals surface area contributed by atoms with E-state index in [1.54, 1.807) is 18.9 Å². The molecule has 1 unspecified atom stereocenters. The van der Waals surface area contributed by atoms with Gasteiger partial charge in [-0.2, -0.15) is 0 Å². The van der Waals surface area contributed by atoms with Gasteiger partial charge in [0.25, 0.3) is 0 Å². The molecular formula is C20H23F2N3O2. The van der Waals surface area contributed by atoms with E-state index >= 15 is 0 Å². The van der Waals surface area contributed by atoms with Gasteiger partial charge in [-0.1, -0.05) is 12.1 Å². The minimum absolute atomic E-state index is 0.253. The number of anilines is 1. The van der Waals surface area contributed by atoms with Crippen LogP contribution < -0.4 is 15.0 Å². The van der Waals surface area contributed by atoms with Gasteiger partial charge in [-0.15, -0.1) is 0 Å². The van der Waals surface area contributed by atoms with Crippen LogP contribution in [0.2, 0.25) is 0 Å². The summed E-state index contributed by atoms with van der Waals surface area (Å²) in [6.45, 7) is 4.18. The van der Waals surface area contributed by atoms with E-state index in [2.05, 4.69) is 10.2 Å². The van der Waals surface area contributed by atoms with E-state index < -0.39 is 17.7 Å². The predicted octanol–water partition coefficient (Wildman–Crippen LogP) is 3.57. The lowest BCUT2D eigenvalue weighted by atomic mass is 10.1. The van der Waals surface area contributed by atoms with Crippen molar-refractivity contribution in [2.24, 2.45) is 0 Å². The summed E-state index contributed by atoms with van der Waals surface area (Å²) in [4.78, 5) is 16.4. The quantitative estimate of drug-likeness (QED) is 0.889. The van der Waals surface area contributed by atoms with Gasteiger partial charge in [-0.25, -0.2) is 13.6 Å². The molecule has 3 rings (SSSR count). The van der Waals surface area contributed by atoms with Crippen molar-refractivity contribution in [3.05, 3.63) is 59.7 Å². The molecule has 1 atom stereocenters. The van der Waals surface area contributed by atoms with Gasteiger partial charge in [-0.05, 0) is 25.1 Å². The number of methoxy groups -OCH3 is 1. The van der Waals surface area contributed by atoms with Crippen molar-refractivity contribution < 1.29 is 18.3 Å². The second-order valence-corrected chi connectivity index (χ2v) is 6.51. The fourth-order valence-corrected chi connectivity index (χ4v) is 3.18. The highest BCUT2D eigenvalue weighted by Gasteiger charge is 2.23. The smallest absolute Gasteiger partial charge is 0.317 e. The predicted molar refractivity (Wildman–Crippen MR) is 100 cm³/mol. The summed E-state index contributed by atoms with van der Waals surface area (Å²) in [5.74, 6) is -0.503. The number of ether oxygens (including phenoxy) is 1. The topological polar surface area (TPSA) is 44.8 Å². The van der Waals surface area contributed by atoms with E-state index in [9.17, 15) is 13.6 Å². The summed E-state index contributed by atoms with van der Waals surface area (Å²) >= 11 is 0. The van der Waals surface area contributed by atoms with E-state index in [-0.39, 0.29) is 11.6 Å². The molecule has 0 radical (unpaired) electrons. The third-order valence-electron chi connectivity index (χ3n) is 4.75. The maximum absolute atomic E-state index is 13.9. The van der Waals surface area contributed by atoms with E-state index in [4.69, 9.17) is 4.74 Å². The normalized spacial score (nSPS) is 15.4. The Bertz CT molecular complexity index is 808. The average molecular weight is 375 g/mol. The van der Waals surface area contributed by atoms with Crippen molar-refractivity contribution in [3.63, 3.8) is 0 Å². The van der Waals surface area contributed by atoms with Crippen LogP contribution in [0.25, 0.3) is 0 Å². The number of amides is 2. The van der Waals surface area contributed by atoms with Crippen LogP contribution in [0.1, 0.15) is 18.5 Å². The Hall–Kier alpha value is -2.83. The lowest BCUT2D eigenvalue weighted by Gasteiger charge is -2.36. The summed E-state index contributed by atoms with van der Waals surface area (Å²) in [5.41, 5.74) is 1.32. The molecule has 1 aliphatic rings. The first kappa shape index (κ1) is 18.9. The first-order chi connectivity index (χ1) is 13.0. The Balaban J connectivity index is 1.56. The van der Waals surface area contributed by atoms with E-state index in [1.165, 1.54) is 12.1 Å². The van der Waals surface area contributed by atoms with Crippen LogP contribution in [0.4, 0.5) is 19.3 Å². The van der Waals surface area contributed by atoms with E-state index in [1.807, 2.05) is 24.3 Å². The Morgan fingerprint density at radius 2 is 1.85 bits per heavy atom. The molecule has 7 heteroatoms. The van der Waals surface area contributed by atoms with Crippen LogP contribution in [0, 0.1) is 11.6 Å². The summed E-state index contributed by atoms with van der Waals surface area (Å²) in [6, 6.07) is 10.4. The molecule has 0 saturated carbocycles. The van der Waals surface area contributed by atoms with E-state index in [0.717, 1.165) is 17.5 Å². The highest BCUT2D eigenvalue weighted by atomic mass is 19.1. The van der Waals surface area contributed by atoms with Gasteiger partial charge < -0.3 is 19.9 Å². The fraction of sp³-hybridized carbons (Fsp3) is 0.350. The second kappa shape index (κ2) is 8.24. The highest BCUT2D eigenvalue weighted by Crippen LogP contribution is 2.22. The number of piperazine rings is 1. The van der Waals surface area contributed by atoms with Gasteiger partial charge in [-0.3, -0.25) is 0 Å². The molecule has 27 heavy (non-hydrogen) atoms. The van der Waals surface area contributed by atoms with Crippen molar-refractivity contribution in [2.45, 2.75) is 13.0 Å². The first-order valence-corrected chi connectivity index (χ1v) is 8.87. The molecule has 0 aliphatic carbocycles. The molecule has 0 aromatic heterocycles. The summed E-state index contributed by atoms with van der Waals surface area (Å²) in [6.07, 6.45) is 0. The minimum atomic E-state index is -0.661. The number of carbonyl (C=O) groups excluding carboxylic acids is 1. The molecule has 2 aromatic rings. The third-order valence-corrected chi connectivity index (χ3v) is 4.75. The minimum Gasteiger partial charge on any atom is -0.497 e. The molecule has 1 aliphatic heterocycles. The Morgan fingerprint density at radius 3 is 2.52 bits per heavy atom. The maximum Gasteiger partial charge on any atom is 0.317 e. The van der Waals surface area contributed by atoms with Gasteiger partial charge in [0.1, 0.15) is 17.4 Å².